The average molecular weight is 248 g/mol. The molecule has 0 bridgehead atoms. The molecule has 0 amide bonds. The van der Waals surface area contributed by atoms with Gasteiger partial charge < -0.3 is 15.2 Å². The van der Waals surface area contributed by atoms with Crippen LogP contribution in [0.15, 0.2) is 18.2 Å². The number of methoxy groups -OCH3 is 1. The highest BCUT2D eigenvalue weighted by atomic mass is 16.5. The molecule has 1 aromatic carbocycles. The highest BCUT2D eigenvalue weighted by Crippen LogP contribution is 2.26. The number of nitrogens with two attached hydrogens (primary N) is 1. The van der Waals surface area contributed by atoms with Gasteiger partial charge in [0.25, 0.3) is 0 Å². The maximum absolute atomic E-state index is 11.5. The lowest BCUT2D eigenvalue weighted by molar-refractivity contribution is -0.152. The number of nitrogens with zero attached hydrogens (tertiary/aromatic N) is 1. The van der Waals surface area contributed by atoms with E-state index in [2.05, 4.69) is 4.74 Å². The lowest BCUT2D eigenvalue weighted by Gasteiger charge is -2.22. The van der Waals surface area contributed by atoms with Crippen LogP contribution in [-0.4, -0.2) is 19.7 Å². The van der Waals surface area contributed by atoms with E-state index in [4.69, 9.17) is 15.7 Å². The van der Waals surface area contributed by atoms with Crippen LogP contribution in [0.2, 0.25) is 0 Å². The van der Waals surface area contributed by atoms with Gasteiger partial charge >= 0.3 is 5.97 Å². The van der Waals surface area contributed by atoms with Gasteiger partial charge in [-0.2, -0.15) is 5.26 Å². The van der Waals surface area contributed by atoms with E-state index in [1.54, 1.807) is 32.0 Å². The third-order valence-electron chi connectivity index (χ3n) is 2.50. The second-order valence-electron chi connectivity index (χ2n) is 4.50. The third kappa shape index (κ3) is 2.92. The van der Waals surface area contributed by atoms with Crippen LogP contribution < -0.4 is 10.5 Å². The zero-order chi connectivity index (χ0) is 13.8. The highest BCUT2D eigenvalue weighted by Gasteiger charge is 2.30. The lowest BCUT2D eigenvalue weighted by atomic mass is 9.95. The quantitative estimate of drug-likeness (QED) is 0.647. The number of nitriles is 1. The Morgan fingerprint density at radius 1 is 1.50 bits per heavy atom. The molecule has 0 aliphatic rings. The Morgan fingerprint density at radius 2 is 2.17 bits per heavy atom. The van der Waals surface area contributed by atoms with Gasteiger partial charge in [-0.25, -0.2) is 0 Å². The molecule has 0 saturated heterocycles. The molecule has 0 heterocycles. The molecule has 0 saturated carbocycles. The second kappa shape index (κ2) is 5.41. The summed E-state index contributed by atoms with van der Waals surface area (Å²) in [6.07, 6.45) is 0. The minimum Gasteiger partial charge on any atom is -0.491 e. The summed E-state index contributed by atoms with van der Waals surface area (Å²) in [5.41, 5.74) is 5.51. The first kappa shape index (κ1) is 13.8. The number of ether oxygens (including phenoxy) is 2. The Labute approximate surface area is 106 Å². The van der Waals surface area contributed by atoms with Crippen molar-refractivity contribution in [3.8, 4) is 11.8 Å². The molecule has 0 unspecified atom stereocenters. The minimum atomic E-state index is -0.786. The van der Waals surface area contributed by atoms with Crippen LogP contribution in [0.4, 0.5) is 5.69 Å². The van der Waals surface area contributed by atoms with E-state index in [1.807, 2.05) is 6.07 Å². The summed E-state index contributed by atoms with van der Waals surface area (Å²) in [4.78, 5) is 11.5. The van der Waals surface area contributed by atoms with Crippen LogP contribution in [-0.2, 0) is 9.53 Å². The molecule has 0 aliphatic heterocycles. The number of esters is 1. The molecule has 0 aromatic heterocycles. The van der Waals surface area contributed by atoms with Crippen LogP contribution in [0.1, 0.15) is 19.4 Å². The van der Waals surface area contributed by atoms with Crippen molar-refractivity contribution in [1.29, 1.82) is 5.26 Å². The molecule has 1 aromatic rings. The van der Waals surface area contributed by atoms with Gasteiger partial charge in [-0.05, 0) is 26.0 Å². The SMILES string of the molecule is COC(=O)C(C)(C)COc1cccc(N)c1C#N. The van der Waals surface area contributed by atoms with Crippen molar-refractivity contribution in [2.45, 2.75) is 13.8 Å². The molecule has 96 valence electrons. The number of carbonyl (C=O) groups excluding carboxylic acids is 1. The molecule has 18 heavy (non-hydrogen) atoms. The molecular formula is C13H16N2O3. The number of hydrogen-bond acceptors (Lipinski definition) is 5. The molecule has 5 heteroatoms. The molecular weight excluding hydrogens is 232 g/mol. The fourth-order valence-electron chi connectivity index (χ4n) is 1.38. The summed E-state index contributed by atoms with van der Waals surface area (Å²) in [5.74, 6) is -0.000566. The lowest BCUT2D eigenvalue weighted by Crippen LogP contribution is -2.32. The fraction of sp³-hybridized carbons (Fsp3) is 0.385. The monoisotopic (exact) mass is 248 g/mol. The van der Waals surface area contributed by atoms with E-state index in [-0.39, 0.29) is 18.1 Å². The van der Waals surface area contributed by atoms with E-state index in [9.17, 15) is 4.79 Å². The predicted octanol–water partition coefficient (Wildman–Crippen LogP) is 1.72. The standard InChI is InChI=1S/C13H16N2O3/c1-13(2,12(16)17-3)8-18-11-6-4-5-10(15)9(11)7-14/h4-6H,8,15H2,1-3H3. The smallest absolute Gasteiger partial charge is 0.314 e. The molecule has 0 radical (unpaired) electrons. The molecule has 0 fully saturated rings. The normalized spacial score (nSPS) is 10.6. The second-order valence-corrected chi connectivity index (χ2v) is 4.50. The molecule has 0 aliphatic carbocycles. The van der Waals surface area contributed by atoms with Crippen molar-refractivity contribution in [2.75, 3.05) is 19.5 Å². The molecule has 5 nitrogen and oxygen atoms in total. The van der Waals surface area contributed by atoms with Crippen molar-refractivity contribution in [2.24, 2.45) is 5.41 Å². The van der Waals surface area contributed by atoms with Crippen LogP contribution >= 0.6 is 0 Å². The van der Waals surface area contributed by atoms with Crippen LogP contribution in [0, 0.1) is 16.7 Å². The Kier molecular flexibility index (Phi) is 4.16. The van der Waals surface area contributed by atoms with Gasteiger partial charge in [-0.1, -0.05) is 6.07 Å². The van der Waals surface area contributed by atoms with Gasteiger partial charge in [0, 0.05) is 0 Å². The molecule has 1 rings (SSSR count). The Hall–Kier alpha value is -2.22. The minimum absolute atomic E-state index is 0.109. The number of anilines is 1. The summed E-state index contributed by atoms with van der Waals surface area (Å²) in [5, 5.41) is 8.98. The molecule has 2 N–H and O–H groups in total. The van der Waals surface area contributed by atoms with Crippen molar-refractivity contribution < 1.29 is 14.3 Å². The van der Waals surface area contributed by atoms with Crippen molar-refractivity contribution in [1.82, 2.24) is 0 Å². The first-order valence-electron chi connectivity index (χ1n) is 5.42. The van der Waals surface area contributed by atoms with Crippen molar-refractivity contribution in [3.05, 3.63) is 23.8 Å². The van der Waals surface area contributed by atoms with Gasteiger partial charge in [-0.15, -0.1) is 0 Å². The first-order valence-corrected chi connectivity index (χ1v) is 5.42. The largest absolute Gasteiger partial charge is 0.491 e. The summed E-state index contributed by atoms with van der Waals surface area (Å²) in [6, 6.07) is 6.93. The van der Waals surface area contributed by atoms with Crippen LogP contribution in [0.3, 0.4) is 0 Å². The average Bonchev–Trinajstić information content (AvgIpc) is 2.35. The summed E-state index contributed by atoms with van der Waals surface area (Å²) >= 11 is 0. The van der Waals surface area contributed by atoms with E-state index >= 15 is 0 Å². The zero-order valence-corrected chi connectivity index (χ0v) is 10.7. The summed E-state index contributed by atoms with van der Waals surface area (Å²) in [6.45, 7) is 3.52. The van der Waals surface area contributed by atoms with E-state index in [0.29, 0.717) is 11.4 Å². The first-order chi connectivity index (χ1) is 8.42. The van der Waals surface area contributed by atoms with Gasteiger partial charge in [0.2, 0.25) is 0 Å². The van der Waals surface area contributed by atoms with E-state index < -0.39 is 5.41 Å². The van der Waals surface area contributed by atoms with Crippen molar-refractivity contribution in [3.63, 3.8) is 0 Å². The Balaban J connectivity index is 2.85. The number of hydrogen-bond donors (Lipinski definition) is 1. The third-order valence-corrected chi connectivity index (χ3v) is 2.50. The summed E-state index contributed by atoms with van der Waals surface area (Å²) < 4.78 is 10.2. The highest BCUT2D eigenvalue weighted by molar-refractivity contribution is 5.76. The van der Waals surface area contributed by atoms with Gasteiger partial charge in [0.05, 0.1) is 18.2 Å². The fourth-order valence-corrected chi connectivity index (χ4v) is 1.38. The maximum atomic E-state index is 11.5. The summed E-state index contributed by atoms with van der Waals surface area (Å²) in [7, 11) is 1.32. The van der Waals surface area contributed by atoms with Crippen LogP contribution in [0.5, 0.6) is 5.75 Å². The van der Waals surface area contributed by atoms with E-state index in [1.165, 1.54) is 7.11 Å². The molecule has 0 spiro atoms. The number of carbonyl (C=O) groups is 1. The number of benzene rings is 1. The van der Waals surface area contributed by atoms with Crippen LogP contribution in [0.25, 0.3) is 0 Å². The Bertz CT molecular complexity index is 489. The maximum Gasteiger partial charge on any atom is 0.314 e. The van der Waals surface area contributed by atoms with Gasteiger partial charge in [0.1, 0.15) is 24.0 Å². The number of nitrogen functional groups attached to an aromatic ring is 1. The zero-order valence-electron chi connectivity index (χ0n) is 10.7. The van der Waals surface area contributed by atoms with Crippen molar-refractivity contribution >= 4 is 11.7 Å². The topological polar surface area (TPSA) is 85.3 Å². The molecule has 0 atom stereocenters. The predicted molar refractivity (Wildman–Crippen MR) is 66.9 cm³/mol. The van der Waals surface area contributed by atoms with Gasteiger partial charge in [0.15, 0.2) is 0 Å². The Morgan fingerprint density at radius 3 is 2.72 bits per heavy atom. The van der Waals surface area contributed by atoms with E-state index in [0.717, 1.165) is 0 Å². The number of rotatable bonds is 4. The van der Waals surface area contributed by atoms with Gasteiger partial charge in [-0.3, -0.25) is 4.79 Å².